The van der Waals surface area contributed by atoms with Crippen molar-refractivity contribution >= 4 is 23.2 Å². The Kier molecular flexibility index (Phi) is 4.83. The van der Waals surface area contributed by atoms with Crippen LogP contribution in [0.4, 0.5) is 0 Å². The highest BCUT2D eigenvalue weighted by Crippen LogP contribution is 2.25. The Morgan fingerprint density at radius 3 is 2.16 bits per heavy atom. The van der Waals surface area contributed by atoms with Gasteiger partial charge in [0.15, 0.2) is 0 Å². The Balaban J connectivity index is 2.22. The van der Waals surface area contributed by atoms with Crippen LogP contribution >= 0.6 is 23.2 Å². The maximum absolute atomic E-state index is 6.02. The van der Waals surface area contributed by atoms with Gasteiger partial charge in [-0.05, 0) is 42.7 Å². The molecule has 2 rings (SSSR count). The Bertz CT molecular complexity index is 532. The van der Waals surface area contributed by atoms with Crippen LogP contribution in [0.25, 0.3) is 0 Å². The molecule has 0 heterocycles. The lowest BCUT2D eigenvalue weighted by atomic mass is 9.99. The van der Waals surface area contributed by atoms with Crippen molar-refractivity contribution in [3.8, 4) is 0 Å². The van der Waals surface area contributed by atoms with Crippen LogP contribution in [0.3, 0.4) is 0 Å². The number of rotatable bonds is 4. The minimum atomic E-state index is -0.0149. The van der Waals surface area contributed by atoms with Crippen LogP contribution < -0.4 is 11.3 Å². The minimum absolute atomic E-state index is 0.0149. The Labute approximate surface area is 123 Å². The van der Waals surface area contributed by atoms with Gasteiger partial charge in [0.05, 0.1) is 6.04 Å². The molecule has 0 saturated heterocycles. The van der Waals surface area contributed by atoms with Gasteiger partial charge in [-0.15, -0.1) is 0 Å². The third-order valence-corrected chi connectivity index (χ3v) is 3.49. The summed E-state index contributed by atoms with van der Waals surface area (Å²) in [4.78, 5) is 0. The van der Waals surface area contributed by atoms with Crippen LogP contribution in [0.15, 0.2) is 42.5 Å². The van der Waals surface area contributed by atoms with E-state index >= 15 is 0 Å². The molecule has 1 unspecified atom stereocenters. The topological polar surface area (TPSA) is 38.0 Å². The van der Waals surface area contributed by atoms with E-state index < -0.39 is 0 Å². The molecule has 0 aliphatic carbocycles. The van der Waals surface area contributed by atoms with Crippen LogP contribution in [0.5, 0.6) is 0 Å². The van der Waals surface area contributed by atoms with Crippen LogP contribution in [0.2, 0.25) is 10.0 Å². The lowest BCUT2D eigenvalue weighted by Gasteiger charge is -2.17. The van der Waals surface area contributed by atoms with Gasteiger partial charge in [-0.2, -0.15) is 0 Å². The van der Waals surface area contributed by atoms with Gasteiger partial charge in [-0.3, -0.25) is 11.3 Å². The summed E-state index contributed by atoms with van der Waals surface area (Å²) in [5.41, 5.74) is 6.26. The number of hydrogen-bond acceptors (Lipinski definition) is 2. The molecule has 2 nitrogen and oxygen atoms in total. The van der Waals surface area contributed by atoms with Crippen molar-refractivity contribution in [3.05, 3.63) is 69.2 Å². The number of benzene rings is 2. The smallest absolute Gasteiger partial charge is 0.0501 e. The number of nitrogens with two attached hydrogens (primary N) is 1. The van der Waals surface area contributed by atoms with E-state index in [-0.39, 0.29) is 6.04 Å². The Hall–Kier alpha value is -1.06. The number of nitrogens with one attached hydrogen (secondary N) is 1. The van der Waals surface area contributed by atoms with Gasteiger partial charge in [0.1, 0.15) is 0 Å². The van der Waals surface area contributed by atoms with Crippen LogP contribution in [-0.4, -0.2) is 0 Å². The maximum Gasteiger partial charge on any atom is 0.0501 e. The van der Waals surface area contributed by atoms with Crippen LogP contribution in [0.1, 0.15) is 22.7 Å². The van der Waals surface area contributed by atoms with Gasteiger partial charge in [0.25, 0.3) is 0 Å². The minimum Gasteiger partial charge on any atom is -0.271 e. The molecule has 0 radical (unpaired) electrons. The fourth-order valence-electron chi connectivity index (χ4n) is 2.01. The molecule has 4 heteroatoms. The fraction of sp³-hybridized carbons (Fsp3) is 0.200. The second-order valence-electron chi connectivity index (χ2n) is 4.61. The number of aryl methyl sites for hydroxylation is 1. The molecule has 0 amide bonds. The summed E-state index contributed by atoms with van der Waals surface area (Å²) in [7, 11) is 0. The van der Waals surface area contributed by atoms with E-state index in [1.807, 2.05) is 12.1 Å². The Morgan fingerprint density at radius 2 is 1.63 bits per heavy atom. The average molecular weight is 295 g/mol. The molecule has 0 spiro atoms. The molecule has 19 heavy (non-hydrogen) atoms. The van der Waals surface area contributed by atoms with Crippen LogP contribution in [-0.2, 0) is 6.42 Å². The zero-order chi connectivity index (χ0) is 13.8. The molecule has 0 aromatic heterocycles. The first-order chi connectivity index (χ1) is 9.08. The first-order valence-corrected chi connectivity index (χ1v) is 6.82. The van der Waals surface area contributed by atoms with Gasteiger partial charge in [-0.1, -0.05) is 53.0 Å². The summed E-state index contributed by atoms with van der Waals surface area (Å²) >= 11 is 12.0. The molecule has 2 aromatic rings. The van der Waals surface area contributed by atoms with E-state index in [1.165, 1.54) is 11.1 Å². The molecule has 100 valence electrons. The summed E-state index contributed by atoms with van der Waals surface area (Å²) in [5, 5.41) is 1.23. The highest BCUT2D eigenvalue weighted by molar-refractivity contribution is 6.34. The largest absolute Gasteiger partial charge is 0.271 e. The molecule has 0 bridgehead atoms. The normalized spacial score (nSPS) is 12.4. The summed E-state index contributed by atoms with van der Waals surface area (Å²) in [6.07, 6.45) is 0.785. The van der Waals surface area contributed by atoms with Gasteiger partial charge in [-0.25, -0.2) is 0 Å². The maximum atomic E-state index is 6.02. The van der Waals surface area contributed by atoms with Crippen molar-refractivity contribution in [1.29, 1.82) is 0 Å². The molecule has 1 atom stereocenters. The third kappa shape index (κ3) is 3.95. The zero-order valence-corrected chi connectivity index (χ0v) is 12.2. The first-order valence-electron chi connectivity index (χ1n) is 6.06. The first kappa shape index (κ1) is 14.4. The summed E-state index contributed by atoms with van der Waals surface area (Å²) in [5.74, 6) is 5.65. The van der Waals surface area contributed by atoms with Crippen molar-refractivity contribution in [1.82, 2.24) is 5.43 Å². The molecular formula is C15H16Cl2N2. The third-order valence-electron chi connectivity index (χ3n) is 3.05. The van der Waals surface area contributed by atoms with Crippen molar-refractivity contribution in [3.63, 3.8) is 0 Å². The predicted molar refractivity (Wildman–Crippen MR) is 81.4 cm³/mol. The average Bonchev–Trinajstić information content (AvgIpc) is 2.37. The van der Waals surface area contributed by atoms with E-state index in [4.69, 9.17) is 29.0 Å². The van der Waals surface area contributed by atoms with E-state index in [2.05, 4.69) is 36.6 Å². The lowest BCUT2D eigenvalue weighted by Crippen LogP contribution is -2.29. The van der Waals surface area contributed by atoms with Crippen molar-refractivity contribution < 1.29 is 0 Å². The Morgan fingerprint density at radius 1 is 1.05 bits per heavy atom. The van der Waals surface area contributed by atoms with E-state index in [0.717, 1.165) is 12.0 Å². The van der Waals surface area contributed by atoms with Crippen molar-refractivity contribution in [2.45, 2.75) is 19.4 Å². The van der Waals surface area contributed by atoms with E-state index in [1.54, 1.807) is 6.07 Å². The molecule has 2 aromatic carbocycles. The number of hydrazine groups is 1. The molecule has 0 aliphatic heterocycles. The summed E-state index contributed by atoms with van der Waals surface area (Å²) < 4.78 is 0. The second kappa shape index (κ2) is 6.40. The quantitative estimate of drug-likeness (QED) is 0.659. The fourth-order valence-corrected chi connectivity index (χ4v) is 2.55. The molecular weight excluding hydrogens is 279 g/mol. The SMILES string of the molecule is Cc1ccc(CC(NN)c2cc(Cl)cc(Cl)c2)cc1. The second-order valence-corrected chi connectivity index (χ2v) is 5.48. The van der Waals surface area contributed by atoms with Crippen molar-refractivity contribution in [2.75, 3.05) is 0 Å². The monoisotopic (exact) mass is 294 g/mol. The van der Waals surface area contributed by atoms with Crippen LogP contribution in [0, 0.1) is 6.92 Å². The van der Waals surface area contributed by atoms with Gasteiger partial charge in [0, 0.05) is 10.0 Å². The van der Waals surface area contributed by atoms with Gasteiger partial charge >= 0.3 is 0 Å². The lowest BCUT2D eigenvalue weighted by molar-refractivity contribution is 0.552. The summed E-state index contributed by atoms with van der Waals surface area (Å²) in [6, 6.07) is 13.8. The van der Waals surface area contributed by atoms with E-state index in [9.17, 15) is 0 Å². The molecule has 0 fully saturated rings. The molecule has 3 N–H and O–H groups in total. The predicted octanol–water partition coefficient (Wildman–Crippen LogP) is 4.05. The van der Waals surface area contributed by atoms with Gasteiger partial charge in [0.2, 0.25) is 0 Å². The molecule has 0 saturated carbocycles. The number of halogens is 2. The highest BCUT2D eigenvalue weighted by Gasteiger charge is 2.12. The zero-order valence-electron chi connectivity index (χ0n) is 10.7. The number of hydrogen-bond donors (Lipinski definition) is 2. The van der Waals surface area contributed by atoms with Gasteiger partial charge < -0.3 is 0 Å². The van der Waals surface area contributed by atoms with Crippen molar-refractivity contribution in [2.24, 2.45) is 5.84 Å². The molecule has 0 aliphatic rings. The highest BCUT2D eigenvalue weighted by atomic mass is 35.5. The standard InChI is InChI=1S/C15H16Cl2N2/c1-10-2-4-11(5-3-10)6-15(19-18)12-7-13(16)9-14(17)8-12/h2-5,7-9,15,19H,6,18H2,1H3. The van der Waals surface area contributed by atoms with E-state index in [0.29, 0.717) is 10.0 Å². The summed E-state index contributed by atoms with van der Waals surface area (Å²) in [6.45, 7) is 2.07.